The molecule has 27 heavy (non-hydrogen) atoms. The number of rotatable bonds is 5. The lowest BCUT2D eigenvalue weighted by molar-refractivity contribution is 0.0601. The smallest absolute Gasteiger partial charge is 0.338 e. The molecule has 0 fully saturated rings. The number of nitrogens with two attached hydrogens (primary N) is 1. The van der Waals surface area contributed by atoms with Crippen molar-refractivity contribution >= 4 is 17.5 Å². The highest BCUT2D eigenvalue weighted by Crippen LogP contribution is 2.27. The average molecular weight is 360 g/mol. The molecule has 0 spiro atoms. The molecule has 134 valence electrons. The van der Waals surface area contributed by atoms with Gasteiger partial charge in [0.15, 0.2) is 5.84 Å². The van der Waals surface area contributed by atoms with Gasteiger partial charge < -0.3 is 10.5 Å². The van der Waals surface area contributed by atoms with Crippen molar-refractivity contribution in [2.24, 2.45) is 21.2 Å². The standard InChI is InChI=1S/C19H16N6O2/c1-27-19(26)15-12-13(8-9-14(15)16-6-2-4-10-21-16)23-25-24-18(20)17-7-3-5-11-22-17/h2-12H,1H3,(H2,20,23,24). The Balaban J connectivity index is 1.90. The summed E-state index contributed by atoms with van der Waals surface area (Å²) in [5.41, 5.74) is 8.35. The maximum Gasteiger partial charge on any atom is 0.338 e. The summed E-state index contributed by atoms with van der Waals surface area (Å²) in [6.45, 7) is 0. The third kappa shape index (κ3) is 4.37. The van der Waals surface area contributed by atoms with Gasteiger partial charge in [0.25, 0.3) is 0 Å². The Bertz CT molecular complexity index is 988. The third-order valence-electron chi connectivity index (χ3n) is 3.59. The molecular formula is C19H16N6O2. The summed E-state index contributed by atoms with van der Waals surface area (Å²) in [4.78, 5) is 20.5. The van der Waals surface area contributed by atoms with Crippen molar-refractivity contribution in [3.63, 3.8) is 0 Å². The van der Waals surface area contributed by atoms with Crippen molar-refractivity contribution in [2.75, 3.05) is 7.11 Å². The van der Waals surface area contributed by atoms with Gasteiger partial charge in [-0.05, 0) is 47.7 Å². The molecule has 3 aromatic rings. The summed E-state index contributed by atoms with van der Waals surface area (Å²) in [5.74, 6) is -0.359. The van der Waals surface area contributed by atoms with Crippen LogP contribution in [0.3, 0.4) is 0 Å². The number of benzene rings is 1. The zero-order valence-electron chi connectivity index (χ0n) is 14.5. The Labute approximate surface area is 155 Å². The predicted molar refractivity (Wildman–Crippen MR) is 100 cm³/mol. The van der Waals surface area contributed by atoms with Crippen LogP contribution in [-0.2, 0) is 4.74 Å². The van der Waals surface area contributed by atoms with Gasteiger partial charge in [-0.15, -0.1) is 10.2 Å². The first-order valence-electron chi connectivity index (χ1n) is 7.98. The van der Waals surface area contributed by atoms with Gasteiger partial charge in [0.05, 0.1) is 24.1 Å². The minimum absolute atomic E-state index is 0.137. The van der Waals surface area contributed by atoms with Crippen LogP contribution in [0.25, 0.3) is 11.3 Å². The number of nitrogens with zero attached hydrogens (tertiary/aromatic N) is 5. The van der Waals surface area contributed by atoms with Crippen molar-refractivity contribution in [2.45, 2.75) is 0 Å². The van der Waals surface area contributed by atoms with Crippen molar-refractivity contribution in [3.05, 3.63) is 78.2 Å². The summed E-state index contributed by atoms with van der Waals surface area (Å²) < 4.78 is 4.86. The molecule has 0 saturated heterocycles. The second-order valence-corrected chi connectivity index (χ2v) is 5.33. The molecule has 3 rings (SSSR count). The SMILES string of the molecule is COC(=O)c1cc(N=N/N=C(\N)c2ccccn2)ccc1-c1ccccn1. The lowest BCUT2D eigenvalue weighted by Gasteiger charge is -2.07. The van der Waals surface area contributed by atoms with Gasteiger partial charge in [0, 0.05) is 18.0 Å². The molecular weight excluding hydrogens is 344 g/mol. The van der Waals surface area contributed by atoms with E-state index in [2.05, 4.69) is 25.4 Å². The van der Waals surface area contributed by atoms with E-state index in [1.807, 2.05) is 6.07 Å². The minimum atomic E-state index is -0.496. The lowest BCUT2D eigenvalue weighted by Crippen LogP contribution is -2.13. The first-order chi connectivity index (χ1) is 13.2. The molecule has 0 aliphatic heterocycles. The van der Waals surface area contributed by atoms with Gasteiger partial charge in [-0.2, -0.15) is 0 Å². The number of hydrogen-bond acceptors (Lipinski definition) is 6. The number of methoxy groups -OCH3 is 1. The maximum absolute atomic E-state index is 12.1. The summed E-state index contributed by atoms with van der Waals surface area (Å²) >= 11 is 0. The van der Waals surface area contributed by atoms with Gasteiger partial charge in [-0.3, -0.25) is 9.97 Å². The van der Waals surface area contributed by atoms with E-state index >= 15 is 0 Å². The van der Waals surface area contributed by atoms with Crippen molar-refractivity contribution in [3.8, 4) is 11.3 Å². The maximum atomic E-state index is 12.1. The number of pyridine rings is 2. The first-order valence-corrected chi connectivity index (χ1v) is 7.98. The highest BCUT2D eigenvalue weighted by molar-refractivity contribution is 5.97. The van der Waals surface area contributed by atoms with Crippen LogP contribution in [0.1, 0.15) is 16.1 Å². The Morgan fingerprint density at radius 1 is 1.04 bits per heavy atom. The molecule has 2 heterocycles. The third-order valence-corrected chi connectivity index (χ3v) is 3.59. The Morgan fingerprint density at radius 2 is 1.81 bits per heavy atom. The van der Waals surface area contributed by atoms with Crippen LogP contribution in [0, 0.1) is 0 Å². The Hall–Kier alpha value is -3.94. The fraction of sp³-hybridized carbons (Fsp3) is 0.0526. The molecule has 0 aliphatic rings. The lowest BCUT2D eigenvalue weighted by atomic mass is 10.0. The van der Waals surface area contributed by atoms with Crippen molar-refractivity contribution in [1.29, 1.82) is 0 Å². The number of aromatic nitrogens is 2. The van der Waals surface area contributed by atoms with Crippen molar-refractivity contribution in [1.82, 2.24) is 9.97 Å². The molecule has 0 atom stereocenters. The molecule has 0 aliphatic carbocycles. The normalized spacial score (nSPS) is 11.5. The molecule has 0 amide bonds. The van der Waals surface area contributed by atoms with E-state index in [1.165, 1.54) is 7.11 Å². The summed E-state index contributed by atoms with van der Waals surface area (Å²) in [6, 6.07) is 15.7. The predicted octanol–water partition coefficient (Wildman–Crippen LogP) is 3.33. The van der Waals surface area contributed by atoms with E-state index in [0.29, 0.717) is 28.2 Å². The van der Waals surface area contributed by atoms with E-state index in [4.69, 9.17) is 10.5 Å². The van der Waals surface area contributed by atoms with Crippen LogP contribution in [0.4, 0.5) is 5.69 Å². The van der Waals surface area contributed by atoms with Crippen LogP contribution >= 0.6 is 0 Å². The van der Waals surface area contributed by atoms with E-state index in [-0.39, 0.29) is 5.84 Å². The van der Waals surface area contributed by atoms with Gasteiger partial charge in [0.2, 0.25) is 0 Å². The van der Waals surface area contributed by atoms with E-state index in [9.17, 15) is 4.79 Å². The van der Waals surface area contributed by atoms with Crippen LogP contribution in [-0.4, -0.2) is 28.9 Å². The second-order valence-electron chi connectivity index (χ2n) is 5.33. The highest BCUT2D eigenvalue weighted by atomic mass is 16.5. The molecule has 1 aromatic carbocycles. The second kappa shape index (κ2) is 8.43. The number of esters is 1. The van der Waals surface area contributed by atoms with E-state index in [1.54, 1.807) is 60.9 Å². The molecule has 0 bridgehead atoms. The zero-order chi connectivity index (χ0) is 19.1. The zero-order valence-corrected chi connectivity index (χ0v) is 14.5. The van der Waals surface area contributed by atoms with Crippen molar-refractivity contribution < 1.29 is 9.53 Å². The summed E-state index contributed by atoms with van der Waals surface area (Å²) in [6.07, 6.45) is 3.26. The number of carbonyl (C=O) groups excluding carboxylic acids is 1. The molecule has 2 N–H and O–H groups in total. The summed E-state index contributed by atoms with van der Waals surface area (Å²) in [7, 11) is 1.32. The Kier molecular flexibility index (Phi) is 5.58. The topological polar surface area (TPSA) is 115 Å². The number of amidine groups is 1. The molecule has 0 radical (unpaired) electrons. The molecule has 0 saturated carbocycles. The number of carbonyl (C=O) groups is 1. The van der Waals surface area contributed by atoms with E-state index in [0.717, 1.165) is 0 Å². The van der Waals surface area contributed by atoms with Crippen LogP contribution in [0.15, 0.2) is 82.4 Å². The largest absolute Gasteiger partial charge is 0.465 e. The van der Waals surface area contributed by atoms with Crippen LogP contribution < -0.4 is 5.73 Å². The summed E-state index contributed by atoms with van der Waals surface area (Å²) in [5, 5.41) is 11.5. The molecule has 2 aromatic heterocycles. The van der Waals surface area contributed by atoms with Crippen LogP contribution in [0.5, 0.6) is 0 Å². The molecule has 8 heteroatoms. The minimum Gasteiger partial charge on any atom is -0.465 e. The fourth-order valence-corrected chi connectivity index (χ4v) is 2.31. The number of hydrogen-bond donors (Lipinski definition) is 1. The number of ether oxygens (including phenoxy) is 1. The highest BCUT2D eigenvalue weighted by Gasteiger charge is 2.15. The van der Waals surface area contributed by atoms with Gasteiger partial charge in [-0.1, -0.05) is 12.1 Å². The molecule has 0 unspecified atom stereocenters. The quantitative estimate of drug-likeness (QED) is 0.246. The van der Waals surface area contributed by atoms with Gasteiger partial charge in [0.1, 0.15) is 5.69 Å². The van der Waals surface area contributed by atoms with Gasteiger partial charge >= 0.3 is 5.97 Å². The monoisotopic (exact) mass is 360 g/mol. The van der Waals surface area contributed by atoms with Gasteiger partial charge in [-0.25, -0.2) is 4.79 Å². The first kappa shape index (κ1) is 17.9. The Morgan fingerprint density at radius 3 is 2.48 bits per heavy atom. The van der Waals surface area contributed by atoms with E-state index < -0.39 is 5.97 Å². The van der Waals surface area contributed by atoms with Crippen LogP contribution in [0.2, 0.25) is 0 Å². The molecule has 8 nitrogen and oxygen atoms in total. The average Bonchev–Trinajstić information content (AvgIpc) is 2.74. The fourth-order valence-electron chi connectivity index (χ4n) is 2.31.